The van der Waals surface area contributed by atoms with Gasteiger partial charge < -0.3 is 4.90 Å². The molecule has 0 N–H and O–H groups in total. The Morgan fingerprint density at radius 1 is 1.29 bits per heavy atom. The van der Waals surface area contributed by atoms with Gasteiger partial charge in [-0.15, -0.1) is 0 Å². The summed E-state index contributed by atoms with van der Waals surface area (Å²) in [7, 11) is 4.10. The molecule has 0 aliphatic rings. The predicted molar refractivity (Wildman–Crippen MR) is 68.2 cm³/mol. The fourth-order valence-corrected chi connectivity index (χ4v) is 1.35. The van der Waals surface area contributed by atoms with Crippen LogP contribution in [0.4, 0.5) is 5.69 Å². The lowest BCUT2D eigenvalue weighted by atomic mass is 10.1. The lowest BCUT2D eigenvalue weighted by Gasteiger charge is -2.11. The van der Waals surface area contributed by atoms with E-state index in [4.69, 9.17) is 0 Å². The second-order valence-electron chi connectivity index (χ2n) is 3.61. The molecule has 14 heavy (non-hydrogen) atoms. The molecule has 1 aromatic carbocycles. The van der Waals surface area contributed by atoms with Crippen LogP contribution in [-0.4, -0.2) is 19.4 Å². The molecule has 0 aliphatic carbocycles. The van der Waals surface area contributed by atoms with Crippen molar-refractivity contribution in [1.82, 2.24) is 0 Å². The molecular weight excluding hydrogens is 238 g/mol. The molecule has 0 saturated heterocycles. The monoisotopic (exact) mass is 253 g/mol. The van der Waals surface area contributed by atoms with Gasteiger partial charge in [-0.1, -0.05) is 39.7 Å². The van der Waals surface area contributed by atoms with Crippen LogP contribution in [0.25, 0.3) is 6.08 Å². The molecule has 0 bridgehead atoms. The molecule has 0 amide bonds. The molecule has 0 spiro atoms. The SMILES string of the molecule is C/C(=C/c1ccc(N(C)C)cc1)CBr. The van der Waals surface area contributed by atoms with E-state index in [1.165, 1.54) is 16.8 Å². The van der Waals surface area contributed by atoms with Crippen LogP contribution in [0, 0.1) is 0 Å². The first kappa shape index (κ1) is 11.3. The van der Waals surface area contributed by atoms with Crippen LogP contribution in [0.2, 0.25) is 0 Å². The van der Waals surface area contributed by atoms with Gasteiger partial charge in [-0.05, 0) is 24.6 Å². The summed E-state index contributed by atoms with van der Waals surface area (Å²) < 4.78 is 0. The van der Waals surface area contributed by atoms with Crippen molar-refractivity contribution in [3.63, 3.8) is 0 Å². The van der Waals surface area contributed by atoms with Crippen LogP contribution in [-0.2, 0) is 0 Å². The molecule has 0 saturated carbocycles. The molecule has 76 valence electrons. The Labute approximate surface area is 94.6 Å². The fourth-order valence-electron chi connectivity index (χ4n) is 1.19. The molecule has 1 rings (SSSR count). The third-order valence-corrected chi connectivity index (χ3v) is 2.92. The van der Waals surface area contributed by atoms with Gasteiger partial charge in [0, 0.05) is 25.1 Å². The number of hydrogen-bond acceptors (Lipinski definition) is 1. The number of benzene rings is 1. The van der Waals surface area contributed by atoms with Gasteiger partial charge in [-0.25, -0.2) is 0 Å². The minimum atomic E-state index is 0.933. The summed E-state index contributed by atoms with van der Waals surface area (Å²) in [6.07, 6.45) is 2.19. The van der Waals surface area contributed by atoms with Crippen LogP contribution in [0.3, 0.4) is 0 Å². The molecule has 0 atom stereocenters. The zero-order chi connectivity index (χ0) is 10.6. The van der Waals surface area contributed by atoms with Gasteiger partial charge in [0.25, 0.3) is 0 Å². The van der Waals surface area contributed by atoms with Gasteiger partial charge in [0.05, 0.1) is 0 Å². The Bertz CT molecular complexity index is 312. The number of hydrogen-bond donors (Lipinski definition) is 0. The highest BCUT2D eigenvalue weighted by Crippen LogP contribution is 2.14. The highest BCUT2D eigenvalue weighted by atomic mass is 79.9. The van der Waals surface area contributed by atoms with Gasteiger partial charge in [0.1, 0.15) is 0 Å². The number of rotatable bonds is 3. The summed E-state index contributed by atoms with van der Waals surface area (Å²) >= 11 is 3.43. The van der Waals surface area contributed by atoms with E-state index in [1.54, 1.807) is 0 Å². The largest absolute Gasteiger partial charge is 0.378 e. The Balaban J connectivity index is 2.84. The van der Waals surface area contributed by atoms with Crippen molar-refractivity contribution in [3.05, 3.63) is 35.4 Å². The number of allylic oxidation sites excluding steroid dienone is 1. The summed E-state index contributed by atoms with van der Waals surface area (Å²) in [4.78, 5) is 2.10. The topological polar surface area (TPSA) is 3.24 Å². The maximum Gasteiger partial charge on any atom is 0.0361 e. The minimum Gasteiger partial charge on any atom is -0.378 e. The molecule has 1 aromatic rings. The first-order chi connectivity index (χ1) is 6.63. The van der Waals surface area contributed by atoms with E-state index in [0.29, 0.717) is 0 Å². The summed E-state index contributed by atoms with van der Waals surface area (Å²) in [5.41, 5.74) is 3.83. The highest BCUT2D eigenvalue weighted by Gasteiger charge is 1.94. The third kappa shape index (κ3) is 3.18. The van der Waals surface area contributed by atoms with Gasteiger partial charge >= 0.3 is 0 Å². The van der Waals surface area contributed by atoms with E-state index in [-0.39, 0.29) is 0 Å². The van der Waals surface area contributed by atoms with Crippen LogP contribution in [0.5, 0.6) is 0 Å². The van der Waals surface area contributed by atoms with E-state index >= 15 is 0 Å². The van der Waals surface area contributed by atoms with E-state index in [1.807, 2.05) is 0 Å². The number of halogens is 1. The average molecular weight is 254 g/mol. The maximum absolute atomic E-state index is 3.43. The van der Waals surface area contributed by atoms with Crippen molar-refractivity contribution in [2.24, 2.45) is 0 Å². The molecule has 2 heteroatoms. The summed E-state index contributed by atoms with van der Waals surface area (Å²) in [5, 5.41) is 0.933. The van der Waals surface area contributed by atoms with E-state index in [0.717, 1.165) is 5.33 Å². The fraction of sp³-hybridized carbons (Fsp3) is 0.333. The van der Waals surface area contributed by atoms with Crippen LogP contribution < -0.4 is 4.90 Å². The van der Waals surface area contributed by atoms with Gasteiger partial charge in [-0.3, -0.25) is 0 Å². The van der Waals surface area contributed by atoms with E-state index in [9.17, 15) is 0 Å². The van der Waals surface area contributed by atoms with Crippen molar-refractivity contribution < 1.29 is 0 Å². The molecule has 0 radical (unpaired) electrons. The summed E-state index contributed by atoms with van der Waals surface area (Å²) in [6, 6.07) is 8.55. The molecular formula is C12H16BrN. The highest BCUT2D eigenvalue weighted by molar-refractivity contribution is 9.09. The van der Waals surface area contributed by atoms with Crippen LogP contribution >= 0.6 is 15.9 Å². The number of anilines is 1. The first-order valence-corrected chi connectivity index (χ1v) is 5.76. The van der Waals surface area contributed by atoms with Gasteiger partial charge in [-0.2, -0.15) is 0 Å². The number of alkyl halides is 1. The molecule has 0 fully saturated rings. The van der Waals surface area contributed by atoms with Crippen molar-refractivity contribution in [2.45, 2.75) is 6.92 Å². The smallest absolute Gasteiger partial charge is 0.0361 e. The van der Waals surface area contributed by atoms with Crippen molar-refractivity contribution in [2.75, 3.05) is 24.3 Å². The van der Waals surface area contributed by atoms with Crippen molar-refractivity contribution in [3.8, 4) is 0 Å². The second-order valence-corrected chi connectivity index (χ2v) is 4.17. The van der Waals surface area contributed by atoms with Crippen LogP contribution in [0.1, 0.15) is 12.5 Å². The summed E-state index contributed by atoms with van der Waals surface area (Å²) in [5.74, 6) is 0. The quantitative estimate of drug-likeness (QED) is 0.745. The van der Waals surface area contributed by atoms with Crippen LogP contribution in [0.15, 0.2) is 29.8 Å². The van der Waals surface area contributed by atoms with E-state index in [2.05, 4.69) is 72.2 Å². The van der Waals surface area contributed by atoms with Crippen molar-refractivity contribution >= 4 is 27.7 Å². The molecule has 0 heterocycles. The Morgan fingerprint density at radius 3 is 2.29 bits per heavy atom. The molecule has 1 nitrogen and oxygen atoms in total. The first-order valence-electron chi connectivity index (χ1n) is 4.64. The lowest BCUT2D eigenvalue weighted by Crippen LogP contribution is -2.07. The molecule has 0 aliphatic heterocycles. The standard InChI is InChI=1S/C12H16BrN/c1-10(9-13)8-11-4-6-12(7-5-11)14(2)3/h4-8H,9H2,1-3H3/b10-8-. The molecule has 0 unspecified atom stereocenters. The summed E-state index contributed by atoms with van der Waals surface area (Å²) in [6.45, 7) is 2.12. The third-order valence-electron chi connectivity index (χ3n) is 2.03. The number of nitrogens with zero attached hydrogens (tertiary/aromatic N) is 1. The average Bonchev–Trinajstić information content (AvgIpc) is 2.18. The zero-order valence-electron chi connectivity index (χ0n) is 8.92. The normalized spacial score (nSPS) is 11.6. The minimum absolute atomic E-state index is 0.933. The van der Waals surface area contributed by atoms with E-state index < -0.39 is 0 Å². The zero-order valence-corrected chi connectivity index (χ0v) is 10.5. The maximum atomic E-state index is 3.43. The van der Waals surface area contributed by atoms with Gasteiger partial charge in [0.2, 0.25) is 0 Å². The predicted octanol–water partition coefficient (Wildman–Crippen LogP) is 3.55. The van der Waals surface area contributed by atoms with Crippen molar-refractivity contribution in [1.29, 1.82) is 0 Å². The lowest BCUT2D eigenvalue weighted by molar-refractivity contribution is 1.13. The van der Waals surface area contributed by atoms with Gasteiger partial charge in [0.15, 0.2) is 0 Å². The second kappa shape index (κ2) is 5.20. The molecule has 0 aromatic heterocycles. The Hall–Kier alpha value is -0.760. The Morgan fingerprint density at radius 2 is 1.86 bits per heavy atom. The Kier molecular flexibility index (Phi) is 4.21.